The van der Waals surface area contributed by atoms with Gasteiger partial charge in [0, 0.05) is 24.8 Å². The molecular weight excluding hydrogens is 166 g/mol. The highest BCUT2D eigenvalue weighted by molar-refractivity contribution is 5.01. The lowest BCUT2D eigenvalue weighted by Gasteiger charge is -2.05. The molecule has 1 heterocycles. The summed E-state index contributed by atoms with van der Waals surface area (Å²) in [5, 5.41) is 0. The number of nitrogens with zero attached hydrogens (tertiary/aromatic N) is 2. The van der Waals surface area contributed by atoms with E-state index in [0.29, 0.717) is 13.1 Å². The Morgan fingerprint density at radius 2 is 2.46 bits per heavy atom. The van der Waals surface area contributed by atoms with E-state index in [9.17, 15) is 4.79 Å². The molecule has 1 aromatic rings. The largest absolute Gasteiger partial charge is 0.327 e. The third kappa shape index (κ3) is 2.52. The van der Waals surface area contributed by atoms with Crippen LogP contribution in [0.4, 0.5) is 0 Å². The molecule has 70 valence electrons. The average Bonchev–Trinajstić information content (AvgIpc) is 2.09. The average molecular weight is 179 g/mol. The highest BCUT2D eigenvalue weighted by Gasteiger charge is 1.97. The number of nitrogens with two attached hydrogens (primary N) is 1. The molecule has 13 heavy (non-hydrogen) atoms. The zero-order valence-corrected chi connectivity index (χ0v) is 7.66. The SMILES string of the molecule is C=C(CN)Cn1cnc(C)cc1=O. The van der Waals surface area contributed by atoms with Gasteiger partial charge in [-0.25, -0.2) is 4.98 Å². The zero-order chi connectivity index (χ0) is 9.84. The van der Waals surface area contributed by atoms with Gasteiger partial charge in [-0.2, -0.15) is 0 Å². The van der Waals surface area contributed by atoms with Crippen LogP contribution in [0.1, 0.15) is 5.69 Å². The quantitative estimate of drug-likeness (QED) is 0.668. The molecular formula is C9H13N3O. The molecule has 4 nitrogen and oxygen atoms in total. The molecule has 0 saturated carbocycles. The normalized spacial score (nSPS) is 10.0. The zero-order valence-electron chi connectivity index (χ0n) is 7.66. The van der Waals surface area contributed by atoms with Gasteiger partial charge in [0.1, 0.15) is 0 Å². The molecule has 0 fully saturated rings. The van der Waals surface area contributed by atoms with Gasteiger partial charge < -0.3 is 5.73 Å². The van der Waals surface area contributed by atoms with Gasteiger partial charge in [-0.05, 0) is 12.5 Å². The third-order valence-electron chi connectivity index (χ3n) is 1.70. The van der Waals surface area contributed by atoms with Crippen LogP contribution in [0.3, 0.4) is 0 Å². The van der Waals surface area contributed by atoms with Gasteiger partial charge in [0.2, 0.25) is 0 Å². The number of rotatable bonds is 3. The van der Waals surface area contributed by atoms with Crippen molar-refractivity contribution in [1.29, 1.82) is 0 Å². The second-order valence-electron chi connectivity index (χ2n) is 2.95. The van der Waals surface area contributed by atoms with Crippen LogP contribution in [0.15, 0.2) is 29.3 Å². The Labute approximate surface area is 76.7 Å². The molecule has 0 bridgehead atoms. The maximum absolute atomic E-state index is 11.3. The monoisotopic (exact) mass is 179 g/mol. The van der Waals surface area contributed by atoms with Crippen molar-refractivity contribution in [2.24, 2.45) is 5.73 Å². The third-order valence-corrected chi connectivity index (χ3v) is 1.70. The number of hydrogen-bond acceptors (Lipinski definition) is 3. The first-order valence-corrected chi connectivity index (χ1v) is 4.03. The van der Waals surface area contributed by atoms with Crippen molar-refractivity contribution in [1.82, 2.24) is 9.55 Å². The molecule has 0 aliphatic carbocycles. The fraction of sp³-hybridized carbons (Fsp3) is 0.333. The minimum atomic E-state index is -0.0675. The summed E-state index contributed by atoms with van der Waals surface area (Å²) in [6.07, 6.45) is 1.51. The molecule has 4 heteroatoms. The summed E-state index contributed by atoms with van der Waals surface area (Å²) >= 11 is 0. The van der Waals surface area contributed by atoms with Crippen molar-refractivity contribution >= 4 is 0 Å². The Bertz CT molecular complexity index is 367. The molecule has 0 amide bonds. The second kappa shape index (κ2) is 4.00. The molecule has 0 aliphatic heterocycles. The van der Waals surface area contributed by atoms with Crippen LogP contribution in [0.25, 0.3) is 0 Å². The molecule has 0 unspecified atom stereocenters. The predicted octanol–water partition coefficient (Wildman–Crippen LogP) is 0.0666. The van der Waals surface area contributed by atoms with Crippen LogP contribution in [-0.2, 0) is 6.54 Å². The number of hydrogen-bond donors (Lipinski definition) is 1. The van der Waals surface area contributed by atoms with Crippen LogP contribution in [0, 0.1) is 6.92 Å². The highest BCUT2D eigenvalue weighted by Crippen LogP contribution is 1.91. The Morgan fingerprint density at radius 1 is 1.77 bits per heavy atom. The summed E-state index contributed by atoms with van der Waals surface area (Å²) in [4.78, 5) is 15.3. The molecule has 0 radical (unpaired) electrons. The maximum atomic E-state index is 11.3. The van der Waals surface area contributed by atoms with Crippen molar-refractivity contribution < 1.29 is 0 Å². The van der Waals surface area contributed by atoms with Gasteiger partial charge in [0.05, 0.1) is 6.33 Å². The first kappa shape index (κ1) is 9.67. The lowest BCUT2D eigenvalue weighted by molar-refractivity contribution is 0.711. The van der Waals surface area contributed by atoms with Crippen LogP contribution in [0.2, 0.25) is 0 Å². The lowest BCUT2D eigenvalue weighted by Crippen LogP contribution is -2.22. The summed E-state index contributed by atoms with van der Waals surface area (Å²) in [7, 11) is 0. The van der Waals surface area contributed by atoms with Crippen molar-refractivity contribution in [3.8, 4) is 0 Å². The van der Waals surface area contributed by atoms with E-state index < -0.39 is 0 Å². The second-order valence-corrected chi connectivity index (χ2v) is 2.95. The first-order chi connectivity index (χ1) is 6.13. The van der Waals surface area contributed by atoms with Gasteiger partial charge in [-0.15, -0.1) is 0 Å². The number of aryl methyl sites for hydroxylation is 1. The summed E-state index contributed by atoms with van der Waals surface area (Å²) in [5.74, 6) is 0. The molecule has 1 aromatic heterocycles. The van der Waals surface area contributed by atoms with E-state index in [1.165, 1.54) is 17.0 Å². The summed E-state index contributed by atoms with van der Waals surface area (Å²) in [5.41, 5.74) is 6.83. The molecule has 2 N–H and O–H groups in total. The molecule has 1 rings (SSSR count). The van der Waals surface area contributed by atoms with Gasteiger partial charge in [0.15, 0.2) is 0 Å². The highest BCUT2D eigenvalue weighted by atomic mass is 16.1. The fourth-order valence-electron chi connectivity index (χ4n) is 0.941. The Morgan fingerprint density at radius 3 is 3.00 bits per heavy atom. The minimum absolute atomic E-state index is 0.0675. The Hall–Kier alpha value is -1.42. The Kier molecular flexibility index (Phi) is 2.97. The first-order valence-electron chi connectivity index (χ1n) is 4.03. The van der Waals surface area contributed by atoms with Crippen LogP contribution >= 0.6 is 0 Å². The summed E-state index contributed by atoms with van der Waals surface area (Å²) in [6.45, 7) is 6.34. The Balaban J connectivity index is 2.90. The smallest absolute Gasteiger partial charge is 0.253 e. The topological polar surface area (TPSA) is 60.9 Å². The van der Waals surface area contributed by atoms with E-state index in [2.05, 4.69) is 11.6 Å². The van der Waals surface area contributed by atoms with Crippen LogP contribution < -0.4 is 11.3 Å². The van der Waals surface area contributed by atoms with Crippen molar-refractivity contribution in [2.45, 2.75) is 13.5 Å². The predicted molar refractivity (Wildman–Crippen MR) is 51.4 cm³/mol. The van der Waals surface area contributed by atoms with Gasteiger partial charge in [-0.3, -0.25) is 9.36 Å². The van der Waals surface area contributed by atoms with Gasteiger partial charge in [0.25, 0.3) is 5.56 Å². The molecule has 0 aliphatic rings. The van der Waals surface area contributed by atoms with Crippen LogP contribution in [0.5, 0.6) is 0 Å². The summed E-state index contributed by atoms with van der Waals surface area (Å²) < 4.78 is 1.49. The van der Waals surface area contributed by atoms with Crippen molar-refractivity contribution in [3.05, 3.63) is 40.6 Å². The fourth-order valence-corrected chi connectivity index (χ4v) is 0.941. The van der Waals surface area contributed by atoms with E-state index >= 15 is 0 Å². The van der Waals surface area contributed by atoms with E-state index in [1.54, 1.807) is 6.92 Å². The minimum Gasteiger partial charge on any atom is -0.327 e. The maximum Gasteiger partial charge on any atom is 0.253 e. The summed E-state index contributed by atoms with van der Waals surface area (Å²) in [6, 6.07) is 1.49. The molecule has 0 saturated heterocycles. The van der Waals surface area contributed by atoms with E-state index in [0.717, 1.165) is 11.3 Å². The van der Waals surface area contributed by atoms with E-state index in [-0.39, 0.29) is 5.56 Å². The van der Waals surface area contributed by atoms with Crippen molar-refractivity contribution in [3.63, 3.8) is 0 Å². The van der Waals surface area contributed by atoms with E-state index in [1.807, 2.05) is 0 Å². The lowest BCUT2D eigenvalue weighted by atomic mass is 10.3. The standard InChI is InChI=1S/C9H13N3O/c1-7(4-10)5-12-6-11-8(2)3-9(12)13/h3,6H,1,4-5,10H2,2H3. The van der Waals surface area contributed by atoms with Crippen molar-refractivity contribution in [2.75, 3.05) is 6.54 Å². The van der Waals surface area contributed by atoms with Crippen LogP contribution in [-0.4, -0.2) is 16.1 Å². The van der Waals surface area contributed by atoms with Gasteiger partial charge in [-0.1, -0.05) is 6.58 Å². The molecule has 0 aromatic carbocycles. The van der Waals surface area contributed by atoms with Gasteiger partial charge >= 0.3 is 0 Å². The molecule has 0 spiro atoms. The number of aromatic nitrogens is 2. The van der Waals surface area contributed by atoms with E-state index in [4.69, 9.17) is 5.73 Å². The molecule has 0 atom stereocenters.